The van der Waals surface area contributed by atoms with Gasteiger partial charge in [0.2, 0.25) is 0 Å². The zero-order chi connectivity index (χ0) is 12.3. The summed E-state index contributed by atoms with van der Waals surface area (Å²) < 4.78 is 10.6. The Hall–Kier alpha value is -0.280. The quantitative estimate of drug-likeness (QED) is 0.413. The molecule has 16 heavy (non-hydrogen) atoms. The van der Waals surface area contributed by atoms with Crippen molar-refractivity contribution in [3.05, 3.63) is 0 Å². The lowest BCUT2D eigenvalue weighted by Gasteiger charge is -2.26. The van der Waals surface area contributed by atoms with Crippen LogP contribution in [0.2, 0.25) is 0 Å². The Bertz CT molecular complexity index is 224. The van der Waals surface area contributed by atoms with E-state index in [1.54, 1.807) is 13.8 Å². The van der Waals surface area contributed by atoms with E-state index >= 15 is 0 Å². The third-order valence-corrected chi connectivity index (χ3v) is 2.42. The molecule has 0 aromatic rings. The third-order valence-electron chi connectivity index (χ3n) is 2.42. The van der Waals surface area contributed by atoms with E-state index in [-0.39, 0.29) is 13.2 Å². The van der Waals surface area contributed by atoms with Gasteiger partial charge in [-0.1, -0.05) is 0 Å². The highest BCUT2D eigenvalue weighted by Gasteiger charge is 2.41. The van der Waals surface area contributed by atoms with Crippen LogP contribution in [0, 0.1) is 0 Å². The van der Waals surface area contributed by atoms with E-state index in [1.165, 1.54) is 0 Å². The van der Waals surface area contributed by atoms with E-state index < -0.39 is 30.2 Å². The lowest BCUT2D eigenvalue weighted by atomic mass is 10.0. The fraction of sp³-hybridized carbons (Fsp3) is 1.00. The molecule has 0 amide bonds. The smallest absolute Gasteiger partial charge is 0.163 e. The van der Waals surface area contributed by atoms with Gasteiger partial charge in [-0.15, -0.1) is 0 Å². The summed E-state index contributed by atoms with van der Waals surface area (Å²) in [6, 6.07) is 0. The highest BCUT2D eigenvalue weighted by atomic mass is 16.7. The Kier molecular flexibility index (Phi) is 4.62. The summed E-state index contributed by atoms with van der Waals surface area (Å²) in [5, 5.41) is 28.7. The van der Waals surface area contributed by atoms with Gasteiger partial charge in [-0.3, -0.25) is 0 Å². The Balaban J connectivity index is 2.48. The van der Waals surface area contributed by atoms with Gasteiger partial charge in [-0.25, -0.2) is 5.90 Å². The average molecular weight is 237 g/mol. The van der Waals surface area contributed by atoms with Gasteiger partial charge in [0.1, 0.15) is 24.4 Å². The van der Waals surface area contributed by atoms with Crippen LogP contribution in [-0.2, 0) is 14.3 Å². The van der Waals surface area contributed by atoms with Crippen molar-refractivity contribution in [2.75, 3.05) is 13.2 Å². The van der Waals surface area contributed by atoms with Crippen molar-refractivity contribution >= 4 is 0 Å². The molecule has 0 bridgehead atoms. The Morgan fingerprint density at radius 3 is 2.50 bits per heavy atom. The maximum Gasteiger partial charge on any atom is 0.163 e. The first kappa shape index (κ1) is 13.8. The minimum atomic E-state index is -1.40. The first-order chi connectivity index (χ1) is 7.37. The first-order valence-corrected chi connectivity index (χ1v) is 5.05. The molecule has 4 atom stereocenters. The van der Waals surface area contributed by atoms with E-state index in [2.05, 4.69) is 4.84 Å². The fourth-order valence-electron chi connectivity index (χ4n) is 1.53. The van der Waals surface area contributed by atoms with Gasteiger partial charge in [-0.05, 0) is 13.8 Å². The lowest BCUT2D eigenvalue weighted by Crippen LogP contribution is -2.47. The number of rotatable bonds is 5. The molecule has 0 aromatic carbocycles. The molecule has 1 rings (SSSR count). The molecule has 1 saturated heterocycles. The average Bonchev–Trinajstić information content (AvgIpc) is 2.57. The number of ether oxygens (including phenoxy) is 2. The SMILES string of the molecule is CC1(C)OC[C@H]([C@@H](O)[C@H](O)[C@H](O)CON)O1. The van der Waals surface area contributed by atoms with Crippen LogP contribution in [0.3, 0.4) is 0 Å². The van der Waals surface area contributed by atoms with Gasteiger partial charge in [0.15, 0.2) is 5.79 Å². The Morgan fingerprint density at radius 2 is 2.06 bits per heavy atom. The Labute approximate surface area is 93.7 Å². The zero-order valence-electron chi connectivity index (χ0n) is 9.37. The number of hydrogen-bond donors (Lipinski definition) is 4. The molecule has 0 aliphatic carbocycles. The molecule has 0 radical (unpaired) electrons. The predicted molar refractivity (Wildman–Crippen MR) is 53.1 cm³/mol. The second-order valence-electron chi connectivity index (χ2n) is 4.25. The topological polar surface area (TPSA) is 114 Å². The van der Waals surface area contributed by atoms with E-state index in [0.29, 0.717) is 0 Å². The van der Waals surface area contributed by atoms with Crippen LogP contribution in [0.25, 0.3) is 0 Å². The Morgan fingerprint density at radius 1 is 1.44 bits per heavy atom. The second kappa shape index (κ2) is 5.37. The van der Waals surface area contributed by atoms with Crippen LogP contribution in [0.15, 0.2) is 0 Å². The van der Waals surface area contributed by atoms with Gasteiger partial charge in [0.05, 0.1) is 13.2 Å². The van der Waals surface area contributed by atoms with Crippen LogP contribution < -0.4 is 5.90 Å². The largest absolute Gasteiger partial charge is 0.388 e. The molecular formula is C9H19NO6. The molecule has 7 nitrogen and oxygen atoms in total. The monoisotopic (exact) mass is 237 g/mol. The minimum Gasteiger partial charge on any atom is -0.388 e. The minimum absolute atomic E-state index is 0.154. The summed E-state index contributed by atoms with van der Waals surface area (Å²) in [5.74, 6) is 3.96. The van der Waals surface area contributed by atoms with E-state index in [9.17, 15) is 15.3 Å². The summed E-state index contributed by atoms with van der Waals surface area (Å²) in [4.78, 5) is 4.19. The third kappa shape index (κ3) is 3.36. The molecular weight excluding hydrogens is 218 g/mol. The van der Waals surface area contributed by atoms with E-state index in [1.807, 2.05) is 0 Å². The molecule has 7 heteroatoms. The van der Waals surface area contributed by atoms with E-state index in [4.69, 9.17) is 15.4 Å². The van der Waals surface area contributed by atoms with Gasteiger partial charge < -0.3 is 29.6 Å². The van der Waals surface area contributed by atoms with Gasteiger partial charge in [0, 0.05) is 0 Å². The number of nitrogens with two attached hydrogens (primary N) is 1. The lowest BCUT2D eigenvalue weighted by molar-refractivity contribution is -0.171. The predicted octanol–water partition coefficient (Wildman–Crippen LogP) is -1.89. The van der Waals surface area contributed by atoms with Crippen molar-refractivity contribution < 1.29 is 29.6 Å². The molecule has 0 spiro atoms. The molecule has 1 aliphatic rings. The van der Waals surface area contributed by atoms with Crippen molar-refractivity contribution in [1.82, 2.24) is 0 Å². The highest BCUT2D eigenvalue weighted by molar-refractivity contribution is 4.85. The summed E-state index contributed by atoms with van der Waals surface area (Å²) in [6.07, 6.45) is -4.61. The molecule has 96 valence electrons. The number of aliphatic hydroxyl groups is 3. The molecule has 1 heterocycles. The van der Waals surface area contributed by atoms with Gasteiger partial charge >= 0.3 is 0 Å². The van der Waals surface area contributed by atoms with Crippen LogP contribution in [0.1, 0.15) is 13.8 Å². The summed E-state index contributed by atoms with van der Waals surface area (Å²) in [6.45, 7) is 3.29. The maximum absolute atomic E-state index is 9.74. The molecule has 1 aliphatic heterocycles. The maximum atomic E-state index is 9.74. The standard InChI is InChI=1S/C9H19NO6/c1-9(2)14-4-6(16-9)8(13)7(12)5(11)3-15-10/h5-8,11-13H,3-4,10H2,1-2H3/t5-,6-,7-,8-/m1/s1. The summed E-state index contributed by atoms with van der Waals surface area (Å²) in [5.41, 5.74) is 0. The zero-order valence-corrected chi connectivity index (χ0v) is 9.37. The van der Waals surface area contributed by atoms with Crippen molar-refractivity contribution in [2.24, 2.45) is 5.90 Å². The van der Waals surface area contributed by atoms with Crippen LogP contribution >= 0.6 is 0 Å². The molecule has 0 aromatic heterocycles. The normalized spacial score (nSPS) is 30.0. The van der Waals surface area contributed by atoms with Gasteiger partial charge in [-0.2, -0.15) is 0 Å². The van der Waals surface area contributed by atoms with Crippen molar-refractivity contribution in [1.29, 1.82) is 0 Å². The van der Waals surface area contributed by atoms with Crippen LogP contribution in [-0.4, -0.2) is 58.7 Å². The number of hydrogen-bond acceptors (Lipinski definition) is 7. The molecule has 5 N–H and O–H groups in total. The van der Waals surface area contributed by atoms with E-state index in [0.717, 1.165) is 0 Å². The summed E-state index contributed by atoms with van der Waals surface area (Å²) in [7, 11) is 0. The van der Waals surface area contributed by atoms with Crippen molar-refractivity contribution in [2.45, 2.75) is 44.1 Å². The fourth-order valence-corrected chi connectivity index (χ4v) is 1.53. The van der Waals surface area contributed by atoms with Crippen LogP contribution in [0.5, 0.6) is 0 Å². The second-order valence-corrected chi connectivity index (χ2v) is 4.25. The first-order valence-electron chi connectivity index (χ1n) is 5.05. The molecule has 0 saturated carbocycles. The summed E-state index contributed by atoms with van der Waals surface area (Å²) >= 11 is 0. The van der Waals surface area contributed by atoms with Crippen molar-refractivity contribution in [3.8, 4) is 0 Å². The highest BCUT2D eigenvalue weighted by Crippen LogP contribution is 2.25. The van der Waals surface area contributed by atoms with Crippen molar-refractivity contribution in [3.63, 3.8) is 0 Å². The molecule has 0 unspecified atom stereocenters. The van der Waals surface area contributed by atoms with Gasteiger partial charge in [0.25, 0.3) is 0 Å². The van der Waals surface area contributed by atoms with Crippen LogP contribution in [0.4, 0.5) is 0 Å². The molecule has 1 fully saturated rings. The number of aliphatic hydroxyl groups excluding tert-OH is 3.